The first-order valence-electron chi connectivity index (χ1n) is 7.04. The topological polar surface area (TPSA) is 9.23 Å². The fourth-order valence-electron chi connectivity index (χ4n) is 2.23. The SMILES string of the molecule is CCCCCc1ccc2c(F)c(OCF)ccc2c1.CF. The first kappa shape index (κ1) is 17.3. The van der Waals surface area contributed by atoms with E-state index in [0.717, 1.165) is 18.2 Å². The van der Waals surface area contributed by atoms with Gasteiger partial charge in [0, 0.05) is 5.39 Å². The highest BCUT2D eigenvalue weighted by atomic mass is 19.1. The number of rotatable bonds is 6. The highest BCUT2D eigenvalue weighted by molar-refractivity contribution is 5.85. The Hall–Kier alpha value is -1.71. The minimum Gasteiger partial charge on any atom is -0.460 e. The van der Waals surface area contributed by atoms with Crippen LogP contribution in [0.3, 0.4) is 0 Å². The molecule has 0 fully saturated rings. The molecule has 0 saturated heterocycles. The summed E-state index contributed by atoms with van der Waals surface area (Å²) in [6.07, 6.45) is 4.55. The molecule has 0 amide bonds. The van der Waals surface area contributed by atoms with Gasteiger partial charge in [0.05, 0.1) is 7.18 Å². The van der Waals surface area contributed by atoms with E-state index < -0.39 is 12.7 Å². The van der Waals surface area contributed by atoms with Crippen molar-refractivity contribution in [2.45, 2.75) is 32.6 Å². The largest absolute Gasteiger partial charge is 0.460 e. The summed E-state index contributed by atoms with van der Waals surface area (Å²) in [7, 11) is 0.500. The van der Waals surface area contributed by atoms with E-state index in [0.29, 0.717) is 12.6 Å². The lowest BCUT2D eigenvalue weighted by Gasteiger charge is -2.08. The van der Waals surface area contributed by atoms with Crippen LogP contribution < -0.4 is 4.74 Å². The third-order valence-corrected chi connectivity index (χ3v) is 3.26. The molecule has 0 N–H and O–H groups in total. The molecular weight excluding hydrogens is 277 g/mol. The number of halogens is 3. The lowest BCUT2D eigenvalue weighted by Crippen LogP contribution is -1.94. The van der Waals surface area contributed by atoms with Gasteiger partial charge in [0.1, 0.15) is 0 Å². The Morgan fingerprint density at radius 1 is 1.05 bits per heavy atom. The van der Waals surface area contributed by atoms with E-state index in [1.807, 2.05) is 12.1 Å². The van der Waals surface area contributed by atoms with Crippen LogP contribution in [0.1, 0.15) is 31.7 Å². The molecule has 2 rings (SSSR count). The van der Waals surface area contributed by atoms with Gasteiger partial charge >= 0.3 is 0 Å². The van der Waals surface area contributed by atoms with Crippen molar-refractivity contribution in [3.8, 4) is 5.75 Å². The van der Waals surface area contributed by atoms with Crippen molar-refractivity contribution in [1.29, 1.82) is 0 Å². The van der Waals surface area contributed by atoms with E-state index in [9.17, 15) is 13.2 Å². The molecule has 0 saturated carbocycles. The van der Waals surface area contributed by atoms with Crippen LogP contribution in [0.25, 0.3) is 10.8 Å². The molecule has 0 aliphatic rings. The molecule has 0 aliphatic carbocycles. The van der Waals surface area contributed by atoms with Crippen LogP contribution in [0.4, 0.5) is 13.2 Å². The van der Waals surface area contributed by atoms with Crippen LogP contribution >= 0.6 is 0 Å². The second-order valence-electron chi connectivity index (χ2n) is 4.64. The lowest BCUT2D eigenvalue weighted by molar-refractivity contribution is 0.185. The third kappa shape index (κ3) is 4.66. The first-order chi connectivity index (χ1) is 10.3. The third-order valence-electron chi connectivity index (χ3n) is 3.26. The molecule has 116 valence electrons. The molecule has 0 unspecified atom stereocenters. The van der Waals surface area contributed by atoms with Crippen molar-refractivity contribution in [1.82, 2.24) is 0 Å². The molecule has 0 atom stereocenters. The van der Waals surface area contributed by atoms with Crippen molar-refractivity contribution in [2.75, 3.05) is 14.0 Å². The van der Waals surface area contributed by atoms with Crippen molar-refractivity contribution in [3.05, 3.63) is 41.7 Å². The Kier molecular flexibility index (Phi) is 7.65. The summed E-state index contributed by atoms with van der Waals surface area (Å²) in [5.41, 5.74) is 1.21. The molecule has 0 spiro atoms. The highest BCUT2D eigenvalue weighted by Crippen LogP contribution is 2.27. The van der Waals surface area contributed by atoms with Gasteiger partial charge in [-0.2, -0.15) is 0 Å². The van der Waals surface area contributed by atoms with E-state index in [4.69, 9.17) is 0 Å². The van der Waals surface area contributed by atoms with E-state index in [2.05, 4.69) is 11.7 Å². The molecule has 2 aromatic rings. The maximum absolute atomic E-state index is 14.0. The van der Waals surface area contributed by atoms with Crippen LogP contribution in [0.5, 0.6) is 5.75 Å². The van der Waals surface area contributed by atoms with Gasteiger partial charge in [-0.25, -0.2) is 8.78 Å². The molecule has 21 heavy (non-hydrogen) atoms. The van der Waals surface area contributed by atoms with Gasteiger partial charge in [0.25, 0.3) is 0 Å². The second-order valence-corrected chi connectivity index (χ2v) is 4.64. The minimum atomic E-state index is -1.02. The number of hydrogen-bond acceptors (Lipinski definition) is 1. The number of hydrogen-bond donors (Lipinski definition) is 0. The van der Waals surface area contributed by atoms with Crippen LogP contribution in [-0.4, -0.2) is 14.0 Å². The normalized spacial score (nSPS) is 10.1. The van der Waals surface area contributed by atoms with E-state index >= 15 is 0 Å². The minimum absolute atomic E-state index is 0.0336. The number of unbranched alkanes of at least 4 members (excludes halogenated alkanes) is 2. The standard InChI is InChI=1S/C16H18F2O.CH3F/c1-2-3-4-5-12-6-8-14-13(10-12)7-9-15(16(14)18)19-11-17;1-2/h6-10H,2-5,11H2,1H3;1H3. The summed E-state index contributed by atoms with van der Waals surface area (Å²) in [6.45, 7) is 1.15. The fourth-order valence-corrected chi connectivity index (χ4v) is 2.23. The average molecular weight is 298 g/mol. The summed E-state index contributed by atoms with van der Waals surface area (Å²) in [5, 5.41) is 1.31. The zero-order chi connectivity index (χ0) is 15.7. The number of fused-ring (bicyclic) bond motifs is 1. The van der Waals surface area contributed by atoms with E-state index in [-0.39, 0.29) is 5.75 Å². The predicted octanol–water partition coefficient (Wildman–Crippen LogP) is 5.60. The number of ether oxygens (including phenoxy) is 1. The van der Waals surface area contributed by atoms with Gasteiger partial charge in [-0.15, -0.1) is 0 Å². The van der Waals surface area contributed by atoms with Gasteiger partial charge in [-0.3, -0.25) is 4.39 Å². The van der Waals surface area contributed by atoms with Gasteiger partial charge in [0.2, 0.25) is 6.86 Å². The zero-order valence-electron chi connectivity index (χ0n) is 12.5. The highest BCUT2D eigenvalue weighted by Gasteiger charge is 2.08. The van der Waals surface area contributed by atoms with Crippen molar-refractivity contribution >= 4 is 10.8 Å². The van der Waals surface area contributed by atoms with Gasteiger partial charge < -0.3 is 4.74 Å². The smallest absolute Gasteiger partial charge is 0.228 e. The molecule has 0 aromatic heterocycles. The van der Waals surface area contributed by atoms with Crippen molar-refractivity contribution in [2.24, 2.45) is 0 Å². The molecule has 0 bridgehead atoms. The fraction of sp³-hybridized carbons (Fsp3) is 0.412. The van der Waals surface area contributed by atoms with E-state index in [1.54, 1.807) is 12.1 Å². The maximum Gasteiger partial charge on any atom is 0.228 e. The number of aryl methyl sites for hydroxylation is 1. The van der Waals surface area contributed by atoms with Crippen molar-refractivity contribution in [3.63, 3.8) is 0 Å². The average Bonchev–Trinajstić information content (AvgIpc) is 2.52. The van der Waals surface area contributed by atoms with Crippen LogP contribution in [0.15, 0.2) is 30.3 Å². The van der Waals surface area contributed by atoms with Gasteiger partial charge in [0.15, 0.2) is 11.6 Å². The summed E-state index contributed by atoms with van der Waals surface area (Å²) < 4.78 is 40.2. The Morgan fingerprint density at radius 2 is 1.81 bits per heavy atom. The Balaban J connectivity index is 0.00000106. The van der Waals surface area contributed by atoms with Gasteiger partial charge in [-0.1, -0.05) is 44.0 Å². The maximum atomic E-state index is 14.0. The molecule has 0 radical (unpaired) electrons. The number of benzene rings is 2. The summed E-state index contributed by atoms with van der Waals surface area (Å²) in [6, 6.07) is 8.92. The van der Waals surface area contributed by atoms with E-state index in [1.165, 1.54) is 24.5 Å². The lowest BCUT2D eigenvalue weighted by atomic mass is 10.0. The van der Waals surface area contributed by atoms with Gasteiger partial charge in [-0.05, 0) is 29.9 Å². The van der Waals surface area contributed by atoms with Crippen LogP contribution in [0.2, 0.25) is 0 Å². The summed E-state index contributed by atoms with van der Waals surface area (Å²) in [5.74, 6) is -0.524. The Morgan fingerprint density at radius 3 is 2.48 bits per heavy atom. The van der Waals surface area contributed by atoms with Crippen LogP contribution in [0, 0.1) is 5.82 Å². The summed E-state index contributed by atoms with van der Waals surface area (Å²) >= 11 is 0. The zero-order valence-corrected chi connectivity index (χ0v) is 12.5. The summed E-state index contributed by atoms with van der Waals surface area (Å²) in [4.78, 5) is 0. The second kappa shape index (κ2) is 9.27. The Bertz CT molecular complexity index is 555. The molecule has 2 aromatic carbocycles. The molecule has 4 heteroatoms. The number of alkyl halides is 2. The predicted molar refractivity (Wildman–Crippen MR) is 80.8 cm³/mol. The monoisotopic (exact) mass is 298 g/mol. The molecule has 1 nitrogen and oxygen atoms in total. The molecular formula is C17H21F3O. The molecule has 0 heterocycles. The van der Waals surface area contributed by atoms with Crippen molar-refractivity contribution < 1.29 is 17.9 Å². The van der Waals surface area contributed by atoms with Crippen LogP contribution in [-0.2, 0) is 6.42 Å². The Labute approximate surface area is 123 Å². The molecule has 0 aliphatic heterocycles. The first-order valence-corrected chi connectivity index (χ1v) is 7.04. The quantitative estimate of drug-likeness (QED) is 0.630.